The number of methoxy groups -OCH3 is 1. The average molecular weight is 503 g/mol. The molecule has 5 atom stereocenters. The lowest BCUT2D eigenvalue weighted by atomic mass is 9.65. The number of carbonyl (C=O) groups excluding carboxylic acids is 3. The predicted octanol–water partition coefficient (Wildman–Crippen LogP) is 2.89. The van der Waals surface area contributed by atoms with Crippen molar-refractivity contribution in [2.75, 3.05) is 26.7 Å². The minimum atomic E-state index is -0.124. The Bertz CT molecular complexity index is 814. The Balaban J connectivity index is 0.000000261. The van der Waals surface area contributed by atoms with Gasteiger partial charge in [-0.1, -0.05) is 38.8 Å². The maximum absolute atomic E-state index is 12.2. The van der Waals surface area contributed by atoms with Crippen molar-refractivity contribution in [3.63, 3.8) is 0 Å². The summed E-state index contributed by atoms with van der Waals surface area (Å²) < 4.78 is 5.07. The van der Waals surface area contributed by atoms with E-state index in [-0.39, 0.29) is 30.9 Å². The predicted molar refractivity (Wildman–Crippen MR) is 142 cm³/mol. The summed E-state index contributed by atoms with van der Waals surface area (Å²) in [6.45, 7) is 7.13. The van der Waals surface area contributed by atoms with Crippen LogP contribution in [-0.2, 0) is 20.8 Å². The number of carbonyl (C=O) groups is 3. The molecule has 0 aromatic heterocycles. The molecule has 0 spiro atoms. The van der Waals surface area contributed by atoms with Crippen molar-refractivity contribution in [2.45, 2.75) is 77.8 Å². The molecule has 0 aliphatic heterocycles. The zero-order valence-corrected chi connectivity index (χ0v) is 22.5. The van der Waals surface area contributed by atoms with Crippen molar-refractivity contribution in [1.29, 1.82) is 0 Å². The Morgan fingerprint density at radius 1 is 1.19 bits per heavy atom. The smallest absolute Gasteiger partial charge is 0.239 e. The van der Waals surface area contributed by atoms with Gasteiger partial charge in [0.1, 0.15) is 5.75 Å². The Labute approximate surface area is 216 Å². The van der Waals surface area contributed by atoms with E-state index in [1.54, 1.807) is 12.0 Å². The van der Waals surface area contributed by atoms with Gasteiger partial charge in [0.25, 0.3) is 0 Å². The first-order valence-electron chi connectivity index (χ1n) is 13.4. The van der Waals surface area contributed by atoms with Crippen LogP contribution in [0.2, 0.25) is 0 Å². The fourth-order valence-electron chi connectivity index (χ4n) is 5.64. The van der Waals surface area contributed by atoms with Crippen LogP contribution in [0.1, 0.15) is 64.9 Å². The lowest BCUT2D eigenvalue weighted by Gasteiger charge is -2.44. The molecule has 2 bridgehead atoms. The molecule has 36 heavy (non-hydrogen) atoms. The van der Waals surface area contributed by atoms with Crippen LogP contribution in [0.5, 0.6) is 5.75 Å². The first-order valence-corrected chi connectivity index (χ1v) is 13.4. The van der Waals surface area contributed by atoms with Crippen molar-refractivity contribution in [3.8, 4) is 5.75 Å². The van der Waals surface area contributed by atoms with Gasteiger partial charge in [-0.3, -0.25) is 14.4 Å². The fourth-order valence-corrected chi connectivity index (χ4v) is 5.64. The average Bonchev–Trinajstić information content (AvgIpc) is 2.87. The Hall–Kier alpha value is -2.61. The van der Waals surface area contributed by atoms with Crippen LogP contribution >= 0.6 is 0 Å². The van der Waals surface area contributed by atoms with Gasteiger partial charge in [-0.15, -0.1) is 0 Å². The summed E-state index contributed by atoms with van der Waals surface area (Å²) in [5, 5.41) is 6.02. The van der Waals surface area contributed by atoms with Gasteiger partial charge in [0.15, 0.2) is 0 Å². The largest absolute Gasteiger partial charge is 0.497 e. The van der Waals surface area contributed by atoms with Crippen LogP contribution in [0.15, 0.2) is 24.3 Å². The molecule has 0 saturated heterocycles. The fraction of sp³-hybridized carbons (Fsp3) is 0.679. The number of nitrogens with one attached hydrogen (secondary N) is 2. The summed E-state index contributed by atoms with van der Waals surface area (Å²) >= 11 is 0. The highest BCUT2D eigenvalue weighted by atomic mass is 16.5. The van der Waals surface area contributed by atoms with Crippen LogP contribution in [0, 0.1) is 17.8 Å². The normalized spacial score (nSPS) is 23.4. The van der Waals surface area contributed by atoms with Crippen molar-refractivity contribution < 1.29 is 19.1 Å². The summed E-state index contributed by atoms with van der Waals surface area (Å²) in [5.74, 6) is 2.81. The van der Waals surface area contributed by atoms with E-state index in [0.717, 1.165) is 36.5 Å². The lowest BCUT2D eigenvalue weighted by Crippen LogP contribution is -2.51. The maximum Gasteiger partial charge on any atom is 0.239 e. The third-order valence-electron chi connectivity index (χ3n) is 7.28. The Morgan fingerprint density at radius 2 is 1.92 bits per heavy atom. The summed E-state index contributed by atoms with van der Waals surface area (Å²) in [5.41, 5.74) is 6.38. The molecule has 1 aromatic carbocycles. The van der Waals surface area contributed by atoms with Gasteiger partial charge >= 0.3 is 0 Å². The van der Waals surface area contributed by atoms with Gasteiger partial charge in [0, 0.05) is 18.6 Å². The van der Waals surface area contributed by atoms with Gasteiger partial charge in [0.2, 0.25) is 18.2 Å². The molecule has 8 heteroatoms. The van der Waals surface area contributed by atoms with E-state index >= 15 is 0 Å². The van der Waals surface area contributed by atoms with Gasteiger partial charge in [-0.05, 0) is 74.5 Å². The van der Waals surface area contributed by atoms with E-state index in [4.69, 9.17) is 10.5 Å². The van der Waals surface area contributed by atoms with Crippen molar-refractivity contribution in [3.05, 3.63) is 29.8 Å². The second kappa shape index (κ2) is 15.5. The minimum Gasteiger partial charge on any atom is -0.497 e. The van der Waals surface area contributed by atoms with Crippen LogP contribution in [0.25, 0.3) is 0 Å². The Morgan fingerprint density at radius 3 is 2.53 bits per heavy atom. The number of ether oxygens (including phenoxy) is 1. The number of nitrogens with zero attached hydrogens (tertiary/aromatic N) is 1. The molecule has 2 saturated carbocycles. The zero-order valence-electron chi connectivity index (χ0n) is 22.5. The highest BCUT2D eigenvalue weighted by molar-refractivity contribution is 5.80. The van der Waals surface area contributed by atoms with Crippen molar-refractivity contribution in [1.82, 2.24) is 15.5 Å². The number of hydrogen-bond donors (Lipinski definition) is 3. The number of amides is 3. The van der Waals surface area contributed by atoms with Crippen molar-refractivity contribution in [2.24, 2.45) is 23.5 Å². The monoisotopic (exact) mass is 502 g/mol. The van der Waals surface area contributed by atoms with E-state index in [2.05, 4.69) is 17.6 Å². The number of nitrogens with two attached hydrogens (primary N) is 1. The number of benzene rings is 1. The highest BCUT2D eigenvalue weighted by Crippen LogP contribution is 2.42. The summed E-state index contributed by atoms with van der Waals surface area (Å²) in [6, 6.07) is 8.20. The Kier molecular flexibility index (Phi) is 12.7. The molecule has 202 valence electrons. The number of fused-ring (bicyclic) bond motifs is 2. The molecular weight excluding hydrogens is 456 g/mol. The van der Waals surface area contributed by atoms with Crippen LogP contribution < -0.4 is 21.1 Å². The molecule has 3 rings (SSSR count). The molecule has 0 radical (unpaired) electrons. The molecule has 2 fully saturated rings. The standard InChI is InChI=1S/C16H28N2O2.C12H18N2O2/c1-3-7-18(11-19)10-15(20)17-16-12(2)8-13-5-4-6-14(16)9-13;1-9(14-12(15)8-13)7-10-3-5-11(16-2)6-4-10/h11-14,16H,3-10H2,1-2H3,(H,17,20);3-6,9H,7-8,13H2,1-2H3,(H,14,15). The van der Waals surface area contributed by atoms with Gasteiger partial charge in [0.05, 0.1) is 20.2 Å². The summed E-state index contributed by atoms with van der Waals surface area (Å²) in [7, 11) is 1.64. The molecule has 0 heterocycles. The number of rotatable bonds is 11. The second-order valence-electron chi connectivity index (χ2n) is 10.4. The SMILES string of the molecule is CCCN(C=O)CC(=O)NC1C(C)CC2CCCC1C2.COc1ccc(CC(C)NC(=O)CN)cc1. The van der Waals surface area contributed by atoms with Crippen LogP contribution in [-0.4, -0.2) is 62.0 Å². The molecule has 2 aliphatic rings. The van der Waals surface area contributed by atoms with Crippen molar-refractivity contribution >= 4 is 18.2 Å². The van der Waals surface area contributed by atoms with Gasteiger partial charge in [-0.25, -0.2) is 0 Å². The second-order valence-corrected chi connectivity index (χ2v) is 10.4. The quantitative estimate of drug-likeness (QED) is 0.403. The zero-order chi connectivity index (χ0) is 26.5. The van der Waals surface area contributed by atoms with Gasteiger partial charge < -0.3 is 26.0 Å². The molecule has 1 aromatic rings. The summed E-state index contributed by atoms with van der Waals surface area (Å²) in [6.07, 6.45) is 8.91. The lowest BCUT2D eigenvalue weighted by molar-refractivity contribution is -0.129. The molecule has 2 aliphatic carbocycles. The third-order valence-corrected chi connectivity index (χ3v) is 7.28. The topological polar surface area (TPSA) is 114 Å². The van der Waals surface area contributed by atoms with E-state index in [9.17, 15) is 14.4 Å². The first-order chi connectivity index (χ1) is 17.3. The van der Waals surface area contributed by atoms with E-state index < -0.39 is 0 Å². The van der Waals surface area contributed by atoms with E-state index in [1.165, 1.54) is 32.1 Å². The first kappa shape index (κ1) is 29.6. The minimum absolute atomic E-state index is 0.00595. The van der Waals surface area contributed by atoms with Gasteiger partial charge in [-0.2, -0.15) is 0 Å². The van der Waals surface area contributed by atoms with Crippen LogP contribution in [0.3, 0.4) is 0 Å². The highest BCUT2D eigenvalue weighted by Gasteiger charge is 2.38. The summed E-state index contributed by atoms with van der Waals surface area (Å²) in [4.78, 5) is 35.7. The number of hydrogen-bond acceptors (Lipinski definition) is 5. The molecule has 3 amide bonds. The third kappa shape index (κ3) is 9.80. The van der Waals surface area contributed by atoms with Crippen LogP contribution in [0.4, 0.5) is 0 Å². The molecule has 5 unspecified atom stereocenters. The molecular formula is C28H46N4O4. The molecule has 8 nitrogen and oxygen atoms in total. The molecule has 4 N–H and O–H groups in total. The maximum atomic E-state index is 12.2. The van der Waals surface area contributed by atoms with E-state index in [0.29, 0.717) is 24.4 Å². The van der Waals surface area contributed by atoms with E-state index in [1.807, 2.05) is 38.1 Å².